The number of hydrogen-bond acceptors (Lipinski definition) is 12. The molecule has 0 heterocycles. The Kier molecular flexibility index (Phi) is 15.7. The second kappa shape index (κ2) is 17.8. The van der Waals surface area contributed by atoms with Gasteiger partial charge in [-0.05, 0) is 36.4 Å². The summed E-state index contributed by atoms with van der Waals surface area (Å²) < 4.78 is 13.9. The molecule has 0 amide bonds. The van der Waals surface area contributed by atoms with Gasteiger partial charge in [-0.3, -0.25) is 14.4 Å². The van der Waals surface area contributed by atoms with Gasteiger partial charge in [0.05, 0.1) is 17.9 Å². The van der Waals surface area contributed by atoms with E-state index >= 15 is 0 Å². The summed E-state index contributed by atoms with van der Waals surface area (Å²) in [6.45, 7) is 3.60. The third-order valence-corrected chi connectivity index (χ3v) is 4.08. The average molecular weight is 746 g/mol. The molecule has 13 heteroatoms. The molecule has 0 aliphatic heterocycles. The van der Waals surface area contributed by atoms with Crippen LogP contribution in [0.15, 0.2) is 72.8 Å². The first-order valence-corrected chi connectivity index (χ1v) is 10.8. The van der Waals surface area contributed by atoms with Gasteiger partial charge < -0.3 is 43.9 Å². The van der Waals surface area contributed by atoms with E-state index in [0.29, 0.717) is 0 Å². The van der Waals surface area contributed by atoms with Crippen LogP contribution < -0.4 is 29.5 Å². The van der Waals surface area contributed by atoms with Crippen molar-refractivity contribution < 1.29 is 58.3 Å². The molecule has 12 nitrogen and oxygen atoms in total. The standard InChI is InChI=1S/3C9H8O4.Bi/c3*1-6(10)13-8-5-3-2-4-7(8)9(11)12;/h3*2-5H,1H3,(H,11,12);/q;;;+3/p-3. The zero-order valence-corrected chi connectivity index (χ0v) is 24.8. The third-order valence-electron chi connectivity index (χ3n) is 4.08. The Balaban J connectivity index is 0.000000563. The Hall–Kier alpha value is -4.64. The second-order valence-corrected chi connectivity index (χ2v) is 7.13. The van der Waals surface area contributed by atoms with Crippen LogP contribution in [0, 0.1) is 0 Å². The van der Waals surface area contributed by atoms with Crippen LogP contribution in [-0.4, -0.2) is 62.0 Å². The Morgan fingerprint density at radius 1 is 0.450 bits per heavy atom. The maximum atomic E-state index is 10.6. The molecule has 0 aromatic heterocycles. The van der Waals surface area contributed by atoms with Gasteiger partial charge in [0.15, 0.2) is 0 Å². The summed E-state index contributed by atoms with van der Waals surface area (Å²) in [5, 5.41) is 31.5. The van der Waals surface area contributed by atoms with Gasteiger partial charge in [-0.1, -0.05) is 36.4 Å². The molecule has 2 radical (unpaired) electrons. The van der Waals surface area contributed by atoms with Gasteiger partial charge in [0, 0.05) is 37.5 Å². The van der Waals surface area contributed by atoms with E-state index in [1.54, 1.807) is 18.2 Å². The van der Waals surface area contributed by atoms with Crippen LogP contribution in [0.1, 0.15) is 51.8 Å². The Morgan fingerprint density at radius 2 is 0.650 bits per heavy atom. The molecule has 0 spiro atoms. The van der Waals surface area contributed by atoms with Crippen molar-refractivity contribution in [1.29, 1.82) is 0 Å². The van der Waals surface area contributed by atoms with E-state index in [-0.39, 0.29) is 60.1 Å². The first-order valence-electron chi connectivity index (χ1n) is 10.8. The number of carboxylic acid groups (broad SMARTS) is 3. The van der Waals surface area contributed by atoms with E-state index < -0.39 is 35.8 Å². The van der Waals surface area contributed by atoms with Gasteiger partial charge in [0.2, 0.25) is 0 Å². The number of esters is 3. The number of aromatic carboxylic acids is 3. The van der Waals surface area contributed by atoms with Crippen LogP contribution in [0.3, 0.4) is 0 Å². The van der Waals surface area contributed by atoms with Crippen molar-refractivity contribution in [2.45, 2.75) is 20.8 Å². The molecule has 0 aliphatic rings. The quantitative estimate of drug-likeness (QED) is 0.179. The van der Waals surface area contributed by atoms with Gasteiger partial charge in [-0.25, -0.2) is 0 Å². The minimum atomic E-state index is -1.36. The maximum Gasteiger partial charge on any atom is 3.00 e. The molecule has 0 saturated heterocycles. The average Bonchev–Trinajstić information content (AvgIpc) is 2.84. The van der Waals surface area contributed by atoms with Crippen LogP contribution in [0.4, 0.5) is 0 Å². The van der Waals surface area contributed by atoms with Crippen molar-refractivity contribution in [3.8, 4) is 17.2 Å². The van der Waals surface area contributed by atoms with Crippen molar-refractivity contribution >= 4 is 62.0 Å². The summed E-state index contributed by atoms with van der Waals surface area (Å²) in [5.41, 5.74) is -0.381. The van der Waals surface area contributed by atoms with E-state index in [2.05, 4.69) is 14.2 Å². The molecule has 0 fully saturated rings. The van der Waals surface area contributed by atoms with Gasteiger partial charge in [0.25, 0.3) is 0 Å². The number of hydrogen-bond donors (Lipinski definition) is 0. The summed E-state index contributed by atoms with van der Waals surface area (Å²) in [4.78, 5) is 63.2. The normalized spacial score (nSPS) is 9.07. The fourth-order valence-electron chi connectivity index (χ4n) is 2.64. The molecule has 0 N–H and O–H groups in total. The molecule has 0 aliphatic carbocycles. The van der Waals surface area contributed by atoms with Crippen molar-refractivity contribution in [3.63, 3.8) is 0 Å². The largest absolute Gasteiger partial charge is 3.00 e. The first kappa shape index (κ1) is 35.4. The fraction of sp³-hybridized carbons (Fsp3) is 0.111. The monoisotopic (exact) mass is 746 g/mol. The number of rotatable bonds is 6. The fourth-order valence-corrected chi connectivity index (χ4v) is 2.64. The number of benzene rings is 3. The predicted octanol–water partition coefficient (Wildman–Crippen LogP) is -0.455. The molecule has 0 saturated carbocycles. The summed E-state index contributed by atoms with van der Waals surface area (Å²) in [6.07, 6.45) is 0. The van der Waals surface area contributed by atoms with Crippen LogP contribution >= 0.6 is 0 Å². The molecule has 206 valence electrons. The van der Waals surface area contributed by atoms with Crippen LogP contribution in [-0.2, 0) is 14.4 Å². The zero-order chi connectivity index (χ0) is 29.5. The van der Waals surface area contributed by atoms with Crippen molar-refractivity contribution in [3.05, 3.63) is 89.5 Å². The number of carboxylic acids is 3. The van der Waals surface area contributed by atoms with Crippen LogP contribution in [0.5, 0.6) is 17.2 Å². The molecule has 3 rings (SSSR count). The van der Waals surface area contributed by atoms with Gasteiger partial charge in [-0.15, -0.1) is 0 Å². The van der Waals surface area contributed by atoms with Crippen LogP contribution in [0.2, 0.25) is 0 Å². The van der Waals surface area contributed by atoms with E-state index in [0.717, 1.165) is 0 Å². The Labute approximate surface area is 247 Å². The van der Waals surface area contributed by atoms with Crippen molar-refractivity contribution in [1.82, 2.24) is 0 Å². The molecular weight excluding hydrogens is 725 g/mol. The van der Waals surface area contributed by atoms with Gasteiger partial charge in [-0.2, -0.15) is 0 Å². The molecule has 0 bridgehead atoms. The Bertz CT molecular complexity index is 1200. The molecular formula is C27H21BiO12. The smallest absolute Gasteiger partial charge is 0.545 e. The second-order valence-electron chi connectivity index (χ2n) is 7.13. The third kappa shape index (κ3) is 12.7. The van der Waals surface area contributed by atoms with E-state index in [1.165, 1.54) is 75.4 Å². The zero-order valence-electron chi connectivity index (χ0n) is 21.3. The number of ether oxygens (including phenoxy) is 3. The van der Waals surface area contributed by atoms with E-state index in [9.17, 15) is 44.1 Å². The predicted molar refractivity (Wildman–Crippen MR) is 132 cm³/mol. The number of para-hydroxylation sites is 3. The minimum Gasteiger partial charge on any atom is -0.545 e. The summed E-state index contributed by atoms with van der Waals surface area (Å²) in [7, 11) is 0. The van der Waals surface area contributed by atoms with Gasteiger partial charge >= 0.3 is 44.1 Å². The van der Waals surface area contributed by atoms with Crippen LogP contribution in [0.25, 0.3) is 0 Å². The maximum absolute atomic E-state index is 10.6. The SMILES string of the molecule is CC(=O)Oc1ccccc1C(=O)[O-].CC(=O)Oc1ccccc1C(=O)[O-].CC(=O)Oc1ccccc1C(=O)[O-].[Bi+3]. The van der Waals surface area contributed by atoms with E-state index in [4.69, 9.17) is 0 Å². The molecule has 3 aromatic rings. The topological polar surface area (TPSA) is 199 Å². The minimum absolute atomic E-state index is 0. The molecule has 0 unspecified atom stereocenters. The number of carbonyl (C=O) groups is 6. The molecule has 0 atom stereocenters. The van der Waals surface area contributed by atoms with E-state index in [1.807, 2.05) is 0 Å². The summed E-state index contributed by atoms with van der Waals surface area (Å²) in [5.74, 6) is -5.75. The number of carbonyl (C=O) groups excluding carboxylic acids is 6. The molecule has 40 heavy (non-hydrogen) atoms. The van der Waals surface area contributed by atoms with Crippen molar-refractivity contribution in [2.75, 3.05) is 0 Å². The summed E-state index contributed by atoms with van der Waals surface area (Å²) >= 11 is 0. The first-order chi connectivity index (χ1) is 18.3. The molecule has 3 aromatic carbocycles. The van der Waals surface area contributed by atoms with Gasteiger partial charge in [0.1, 0.15) is 17.2 Å². The summed E-state index contributed by atoms with van der Waals surface area (Å²) in [6, 6.07) is 17.4. The Morgan fingerprint density at radius 3 is 0.825 bits per heavy atom. The van der Waals surface area contributed by atoms with Crippen molar-refractivity contribution in [2.24, 2.45) is 0 Å².